The standard InChI is InChI=1S/C35H43FN2O6/c1-22(37-33(41)44-35(5,6)7)27-14-12-15-28(31(27)36)25-17-23(18-26(19-25)32(40)38(8)9)21-42-29-16-11-10-13-24(29)20-30(39)43-34(2,3)4/h10-19,22H,20-21H2,1-9H3,(H,37,41)/t22-/m1/s1. The van der Waals surface area contributed by atoms with Crippen molar-refractivity contribution in [1.29, 1.82) is 0 Å². The topological polar surface area (TPSA) is 94.2 Å². The van der Waals surface area contributed by atoms with Gasteiger partial charge in [0.25, 0.3) is 5.91 Å². The summed E-state index contributed by atoms with van der Waals surface area (Å²) in [6, 6.07) is 16.5. The van der Waals surface area contributed by atoms with Crippen molar-refractivity contribution >= 4 is 18.0 Å². The van der Waals surface area contributed by atoms with Gasteiger partial charge in [-0.15, -0.1) is 0 Å². The van der Waals surface area contributed by atoms with Crippen molar-refractivity contribution in [2.24, 2.45) is 0 Å². The van der Waals surface area contributed by atoms with Crippen LogP contribution in [0, 0.1) is 5.82 Å². The highest BCUT2D eigenvalue weighted by Gasteiger charge is 2.22. The number of hydrogen-bond acceptors (Lipinski definition) is 6. The van der Waals surface area contributed by atoms with E-state index in [1.807, 2.05) is 26.8 Å². The van der Waals surface area contributed by atoms with Gasteiger partial charge < -0.3 is 24.4 Å². The van der Waals surface area contributed by atoms with Gasteiger partial charge in [0, 0.05) is 36.3 Å². The number of nitrogens with zero attached hydrogens (tertiary/aromatic N) is 1. The van der Waals surface area contributed by atoms with Crippen LogP contribution in [0.2, 0.25) is 0 Å². The lowest BCUT2D eigenvalue weighted by Crippen LogP contribution is -2.34. The first-order valence-electron chi connectivity index (χ1n) is 14.5. The zero-order valence-electron chi connectivity index (χ0n) is 27.0. The third kappa shape index (κ3) is 9.82. The molecule has 8 nitrogen and oxygen atoms in total. The molecule has 1 N–H and O–H groups in total. The smallest absolute Gasteiger partial charge is 0.408 e. The third-order valence-corrected chi connectivity index (χ3v) is 6.31. The van der Waals surface area contributed by atoms with Gasteiger partial charge in [0.1, 0.15) is 29.4 Å². The number of amides is 2. The molecular formula is C35H43FN2O6. The number of alkyl carbamates (subject to hydrolysis) is 1. The van der Waals surface area contributed by atoms with E-state index in [2.05, 4.69) is 5.32 Å². The molecule has 1 atom stereocenters. The van der Waals surface area contributed by atoms with Crippen LogP contribution in [0.3, 0.4) is 0 Å². The Balaban J connectivity index is 1.93. The maximum atomic E-state index is 16.0. The van der Waals surface area contributed by atoms with E-state index >= 15 is 4.39 Å². The van der Waals surface area contributed by atoms with Gasteiger partial charge in [-0.25, -0.2) is 9.18 Å². The largest absolute Gasteiger partial charge is 0.489 e. The van der Waals surface area contributed by atoms with Crippen LogP contribution in [0.25, 0.3) is 11.1 Å². The van der Waals surface area contributed by atoms with Crippen LogP contribution in [0.15, 0.2) is 60.7 Å². The molecule has 0 aliphatic rings. The highest BCUT2D eigenvalue weighted by molar-refractivity contribution is 5.95. The highest BCUT2D eigenvalue weighted by atomic mass is 19.1. The molecule has 0 aliphatic heterocycles. The van der Waals surface area contributed by atoms with Crippen molar-refractivity contribution in [1.82, 2.24) is 10.2 Å². The van der Waals surface area contributed by atoms with E-state index in [9.17, 15) is 14.4 Å². The van der Waals surface area contributed by atoms with Crippen LogP contribution in [0.1, 0.15) is 81.6 Å². The van der Waals surface area contributed by atoms with E-state index in [1.165, 1.54) is 4.90 Å². The Morgan fingerprint density at radius 3 is 2.18 bits per heavy atom. The first-order chi connectivity index (χ1) is 20.4. The third-order valence-electron chi connectivity index (χ3n) is 6.31. The number of halogens is 1. The van der Waals surface area contributed by atoms with Crippen LogP contribution in [-0.4, -0.2) is 48.2 Å². The van der Waals surface area contributed by atoms with Gasteiger partial charge in [-0.3, -0.25) is 9.59 Å². The zero-order chi connectivity index (χ0) is 32.8. The minimum absolute atomic E-state index is 0.0331. The van der Waals surface area contributed by atoms with Crippen molar-refractivity contribution < 1.29 is 33.0 Å². The van der Waals surface area contributed by atoms with Gasteiger partial charge >= 0.3 is 12.1 Å². The molecule has 0 heterocycles. The molecule has 9 heteroatoms. The van der Waals surface area contributed by atoms with Crippen molar-refractivity contribution in [3.8, 4) is 16.9 Å². The predicted molar refractivity (Wildman–Crippen MR) is 168 cm³/mol. The number of carbonyl (C=O) groups excluding carboxylic acids is 3. The number of carbonyl (C=O) groups is 3. The maximum Gasteiger partial charge on any atom is 0.408 e. The molecule has 0 unspecified atom stereocenters. The molecule has 0 radical (unpaired) electrons. The number of rotatable bonds is 9. The molecule has 0 fully saturated rings. The number of esters is 1. The van der Waals surface area contributed by atoms with Crippen LogP contribution in [0.4, 0.5) is 9.18 Å². The molecule has 0 aliphatic carbocycles. The Morgan fingerprint density at radius 1 is 0.886 bits per heavy atom. The molecule has 0 saturated carbocycles. The molecule has 2 amide bonds. The second-order valence-electron chi connectivity index (χ2n) is 12.9. The number of benzene rings is 3. The van der Waals surface area contributed by atoms with Crippen molar-refractivity contribution in [2.75, 3.05) is 14.1 Å². The monoisotopic (exact) mass is 606 g/mol. The molecule has 3 aromatic carbocycles. The quantitative estimate of drug-likeness (QED) is 0.258. The summed E-state index contributed by atoms with van der Waals surface area (Å²) in [5, 5.41) is 2.68. The number of hydrogen-bond donors (Lipinski definition) is 1. The number of nitrogens with one attached hydrogen (secondary N) is 1. The van der Waals surface area contributed by atoms with Crippen molar-refractivity contribution in [3.63, 3.8) is 0 Å². The summed E-state index contributed by atoms with van der Waals surface area (Å²) in [4.78, 5) is 39.3. The van der Waals surface area contributed by atoms with Crippen LogP contribution in [-0.2, 0) is 27.3 Å². The summed E-state index contributed by atoms with van der Waals surface area (Å²) in [6.45, 7) is 12.4. The van der Waals surface area contributed by atoms with Crippen LogP contribution in [0.5, 0.6) is 5.75 Å². The van der Waals surface area contributed by atoms with E-state index in [-0.39, 0.29) is 36.0 Å². The second kappa shape index (κ2) is 13.9. The first kappa shape index (κ1) is 34.1. The summed E-state index contributed by atoms with van der Waals surface area (Å²) in [6.07, 6.45) is -0.620. The molecular weight excluding hydrogens is 563 g/mol. The minimum Gasteiger partial charge on any atom is -0.489 e. The molecule has 3 rings (SSSR count). The first-order valence-corrected chi connectivity index (χ1v) is 14.5. The Hall–Kier alpha value is -4.40. The van der Waals surface area contributed by atoms with E-state index < -0.39 is 29.2 Å². The molecule has 0 spiro atoms. The van der Waals surface area contributed by atoms with Gasteiger partial charge in [0.2, 0.25) is 0 Å². The van der Waals surface area contributed by atoms with Gasteiger partial charge in [0.05, 0.1) is 12.5 Å². The SMILES string of the molecule is C[C@@H](NC(=O)OC(C)(C)C)c1cccc(-c2cc(COc3ccccc3CC(=O)OC(C)(C)C)cc(C(=O)N(C)C)c2)c1F. The van der Waals surface area contributed by atoms with Gasteiger partial charge in [0.15, 0.2) is 0 Å². The second-order valence-corrected chi connectivity index (χ2v) is 12.9. The minimum atomic E-state index is -0.696. The maximum absolute atomic E-state index is 16.0. The van der Waals surface area contributed by atoms with E-state index in [0.717, 1.165) is 0 Å². The summed E-state index contributed by atoms with van der Waals surface area (Å²) in [7, 11) is 3.28. The molecule has 236 valence electrons. The molecule has 3 aromatic rings. The Kier molecular flexibility index (Phi) is 10.8. The summed E-state index contributed by atoms with van der Waals surface area (Å²) < 4.78 is 32.9. The highest BCUT2D eigenvalue weighted by Crippen LogP contribution is 2.31. The average molecular weight is 607 g/mol. The lowest BCUT2D eigenvalue weighted by atomic mass is 9.95. The lowest BCUT2D eigenvalue weighted by molar-refractivity contribution is -0.153. The zero-order valence-corrected chi connectivity index (χ0v) is 27.0. The Labute approximate surface area is 259 Å². The summed E-state index contributed by atoms with van der Waals surface area (Å²) in [5.41, 5.74) is 1.35. The van der Waals surface area contributed by atoms with Gasteiger partial charge in [-0.05, 0) is 83.9 Å². The normalized spacial score (nSPS) is 12.2. The van der Waals surface area contributed by atoms with Crippen LogP contribution < -0.4 is 10.1 Å². The fourth-order valence-corrected chi connectivity index (χ4v) is 4.47. The molecule has 0 aromatic heterocycles. The predicted octanol–water partition coefficient (Wildman–Crippen LogP) is 7.24. The number of para-hydroxylation sites is 1. The summed E-state index contributed by atoms with van der Waals surface area (Å²) >= 11 is 0. The molecule has 0 bridgehead atoms. The van der Waals surface area contributed by atoms with E-state index in [1.54, 1.807) is 96.4 Å². The molecule has 0 saturated heterocycles. The van der Waals surface area contributed by atoms with E-state index in [4.69, 9.17) is 14.2 Å². The lowest BCUT2D eigenvalue weighted by Gasteiger charge is -2.22. The Bertz CT molecular complexity index is 1500. The van der Waals surface area contributed by atoms with Crippen molar-refractivity contribution in [3.05, 3.63) is 88.7 Å². The Morgan fingerprint density at radius 2 is 1.55 bits per heavy atom. The fraction of sp³-hybridized carbons (Fsp3) is 0.400. The van der Waals surface area contributed by atoms with Crippen LogP contribution >= 0.6 is 0 Å². The summed E-state index contributed by atoms with van der Waals surface area (Å²) in [5.74, 6) is -0.658. The van der Waals surface area contributed by atoms with Crippen molar-refractivity contribution in [2.45, 2.75) is 78.7 Å². The molecule has 44 heavy (non-hydrogen) atoms. The fourth-order valence-electron chi connectivity index (χ4n) is 4.47. The van der Waals surface area contributed by atoms with Gasteiger partial charge in [-0.1, -0.05) is 36.4 Å². The average Bonchev–Trinajstić information content (AvgIpc) is 2.89. The van der Waals surface area contributed by atoms with E-state index in [0.29, 0.717) is 28.0 Å². The van der Waals surface area contributed by atoms with Gasteiger partial charge in [-0.2, -0.15) is 0 Å². The number of ether oxygens (including phenoxy) is 3.